The van der Waals surface area contributed by atoms with Crippen LogP contribution in [0.4, 0.5) is 0 Å². The summed E-state index contributed by atoms with van der Waals surface area (Å²) in [6.07, 6.45) is 12.0. The largest absolute Gasteiger partial charge is 0.481 e. The molecule has 5 saturated carbocycles. The molecule has 6 aliphatic rings. The van der Waals surface area contributed by atoms with Crippen molar-refractivity contribution in [3.8, 4) is 0 Å². The van der Waals surface area contributed by atoms with Crippen LogP contribution in [0.15, 0.2) is 11.1 Å². The van der Waals surface area contributed by atoms with Crippen LogP contribution in [0.1, 0.15) is 146 Å². The molecule has 0 aliphatic heterocycles. The van der Waals surface area contributed by atoms with Crippen LogP contribution in [0.5, 0.6) is 0 Å². The van der Waals surface area contributed by atoms with E-state index in [1.165, 1.54) is 18.4 Å². The predicted molar refractivity (Wildman–Crippen MR) is 208 cm³/mol. The number of nitrogens with zero attached hydrogens (tertiary/aromatic N) is 2. The molecule has 298 valence electrons. The molecule has 0 spiro atoms. The molecule has 1 amide bonds. The molecule has 53 heavy (non-hydrogen) atoms. The van der Waals surface area contributed by atoms with E-state index in [9.17, 15) is 24.3 Å². The van der Waals surface area contributed by atoms with Crippen molar-refractivity contribution >= 4 is 23.6 Å². The summed E-state index contributed by atoms with van der Waals surface area (Å²) in [6, 6.07) is 0. The summed E-state index contributed by atoms with van der Waals surface area (Å²) in [5.41, 5.74) is 1.35. The van der Waals surface area contributed by atoms with Gasteiger partial charge in [-0.15, -0.1) is 0 Å². The molecule has 6 rings (SSSR count). The first-order chi connectivity index (χ1) is 24.5. The highest BCUT2D eigenvalue weighted by Gasteiger charge is 2.70. The third-order valence-corrected chi connectivity index (χ3v) is 16.8. The Labute approximate surface area is 320 Å². The molecule has 0 aromatic heterocycles. The van der Waals surface area contributed by atoms with E-state index in [0.29, 0.717) is 42.4 Å². The van der Waals surface area contributed by atoms with Crippen LogP contribution in [0.3, 0.4) is 0 Å². The summed E-state index contributed by atoms with van der Waals surface area (Å²) in [5, 5.41) is 9.63. The lowest BCUT2D eigenvalue weighted by Crippen LogP contribution is -2.65. The van der Waals surface area contributed by atoms with Crippen LogP contribution in [-0.2, 0) is 23.9 Å². The van der Waals surface area contributed by atoms with E-state index in [4.69, 9.17) is 4.74 Å². The molecule has 0 heterocycles. The number of likely N-dealkylation sites (N-methyl/N-ethyl adjacent to an activating group) is 1. The van der Waals surface area contributed by atoms with Gasteiger partial charge in [-0.1, -0.05) is 54.0 Å². The molecule has 0 bridgehead atoms. The van der Waals surface area contributed by atoms with Gasteiger partial charge < -0.3 is 19.6 Å². The van der Waals surface area contributed by atoms with Crippen LogP contribution in [0.25, 0.3) is 0 Å². The van der Waals surface area contributed by atoms with Crippen molar-refractivity contribution in [3.63, 3.8) is 0 Å². The van der Waals surface area contributed by atoms with Gasteiger partial charge in [0.15, 0.2) is 5.78 Å². The third-order valence-electron chi connectivity index (χ3n) is 16.8. The Balaban J connectivity index is 1.27. The van der Waals surface area contributed by atoms with Gasteiger partial charge >= 0.3 is 11.9 Å². The maximum Gasteiger partial charge on any atom is 0.309 e. The standard InChI is InChI=1S/C45H72N2O6/c1-28(2)37-31(48)24-45(22-23-47(26-29-12-13-29)35(49)27-46(10)11)21-20-43(8)30(38(37)45)14-15-33-42(7)18-17-34(53-36(50)25-40(3,4)39(51)52)41(5,6)32(42)16-19-44(33,43)9/h28-30,32-34H,12-27H2,1-11H3,(H,51,52)/t30-,32?,33?,34+,42+,43-,44-,45-/m1/s1. The van der Waals surface area contributed by atoms with E-state index in [0.717, 1.165) is 76.5 Å². The second-order valence-corrected chi connectivity index (χ2v) is 21.5. The van der Waals surface area contributed by atoms with Gasteiger partial charge in [-0.2, -0.15) is 0 Å². The van der Waals surface area contributed by atoms with Crippen molar-refractivity contribution in [1.82, 2.24) is 9.80 Å². The second-order valence-electron chi connectivity index (χ2n) is 21.5. The number of carbonyl (C=O) groups is 4. The van der Waals surface area contributed by atoms with Crippen LogP contribution in [0, 0.1) is 62.1 Å². The molecule has 6 aliphatic carbocycles. The number of allylic oxidation sites excluding steroid dienone is 2. The topological polar surface area (TPSA) is 104 Å². The molecule has 0 aromatic rings. The number of Topliss-reactive ketones (excluding diaryl/α,β-unsaturated/α-hetero) is 1. The number of amides is 1. The van der Waals surface area contributed by atoms with Gasteiger partial charge in [0.25, 0.3) is 0 Å². The SMILES string of the molecule is CC(C)C1=C2[C@H]3CCC4[C@@]5(C)CC[C@H](OC(=O)CC(C)(C)C(=O)O)C(C)(C)C5CC[C@@]4(C)[C@]3(C)CC[C@@]2(CCN(CC2CC2)C(=O)CN(C)C)CC1=O. The fourth-order valence-corrected chi connectivity index (χ4v) is 13.5. The van der Waals surface area contributed by atoms with Crippen molar-refractivity contribution in [2.45, 2.75) is 152 Å². The molecule has 8 nitrogen and oxygen atoms in total. The molecule has 1 N–H and O–H groups in total. The quantitative estimate of drug-likeness (QED) is 0.200. The zero-order valence-electron chi connectivity index (χ0n) is 35.2. The fraction of sp³-hybridized carbons (Fsp3) is 0.867. The van der Waals surface area contributed by atoms with Gasteiger partial charge in [0.05, 0.1) is 18.4 Å². The smallest absolute Gasteiger partial charge is 0.309 e. The first-order valence-electron chi connectivity index (χ1n) is 21.2. The molecule has 2 unspecified atom stereocenters. The van der Waals surface area contributed by atoms with Gasteiger partial charge in [-0.25, -0.2) is 0 Å². The van der Waals surface area contributed by atoms with Gasteiger partial charge in [-0.05, 0) is 150 Å². The highest BCUT2D eigenvalue weighted by Crippen LogP contribution is 2.77. The third kappa shape index (κ3) is 6.75. The van der Waals surface area contributed by atoms with Crippen LogP contribution in [0.2, 0.25) is 0 Å². The maximum absolute atomic E-state index is 14.2. The molecular formula is C45H72N2O6. The van der Waals surface area contributed by atoms with Gasteiger partial charge in [0, 0.05) is 30.3 Å². The summed E-state index contributed by atoms with van der Waals surface area (Å²) in [7, 11) is 3.94. The Morgan fingerprint density at radius 3 is 2.17 bits per heavy atom. The normalized spacial score (nSPS) is 37.9. The Morgan fingerprint density at radius 1 is 0.887 bits per heavy atom. The zero-order valence-corrected chi connectivity index (χ0v) is 35.2. The first-order valence-corrected chi connectivity index (χ1v) is 21.2. The van der Waals surface area contributed by atoms with E-state index < -0.39 is 17.4 Å². The van der Waals surface area contributed by atoms with Gasteiger partial charge in [0.1, 0.15) is 6.10 Å². The van der Waals surface area contributed by atoms with E-state index in [1.54, 1.807) is 13.8 Å². The number of carboxylic acid groups (broad SMARTS) is 1. The fourth-order valence-electron chi connectivity index (χ4n) is 13.5. The summed E-state index contributed by atoms with van der Waals surface area (Å²) >= 11 is 0. The Kier molecular flexibility index (Phi) is 10.5. The van der Waals surface area contributed by atoms with Crippen molar-refractivity contribution in [3.05, 3.63) is 11.1 Å². The van der Waals surface area contributed by atoms with Gasteiger partial charge in [0.2, 0.25) is 5.91 Å². The summed E-state index contributed by atoms with van der Waals surface area (Å²) in [4.78, 5) is 56.6. The molecule has 8 atom stereocenters. The second kappa shape index (κ2) is 13.8. The van der Waals surface area contributed by atoms with Crippen LogP contribution >= 0.6 is 0 Å². The van der Waals surface area contributed by atoms with E-state index in [2.05, 4.69) is 53.4 Å². The predicted octanol–water partition coefficient (Wildman–Crippen LogP) is 8.57. The Bertz CT molecular complexity index is 1520. The number of esters is 1. The number of carbonyl (C=O) groups excluding carboxylic acids is 3. The van der Waals surface area contributed by atoms with Gasteiger partial charge in [-0.3, -0.25) is 19.2 Å². The average molecular weight is 737 g/mol. The highest BCUT2D eigenvalue weighted by molar-refractivity contribution is 6.00. The van der Waals surface area contributed by atoms with Crippen LogP contribution < -0.4 is 0 Å². The van der Waals surface area contributed by atoms with E-state index >= 15 is 0 Å². The molecular weight excluding hydrogens is 665 g/mol. The number of ketones is 1. The number of carboxylic acids is 1. The summed E-state index contributed by atoms with van der Waals surface area (Å²) in [5.74, 6) is 1.30. The minimum Gasteiger partial charge on any atom is -0.481 e. The average Bonchev–Trinajstić information content (AvgIpc) is 3.80. The van der Waals surface area contributed by atoms with Crippen molar-refractivity contribution in [1.29, 1.82) is 0 Å². The monoisotopic (exact) mass is 737 g/mol. The summed E-state index contributed by atoms with van der Waals surface area (Å²) < 4.78 is 6.19. The number of rotatable bonds is 12. The maximum atomic E-state index is 14.2. The van der Waals surface area contributed by atoms with Crippen molar-refractivity contribution < 1.29 is 29.0 Å². The van der Waals surface area contributed by atoms with Crippen molar-refractivity contribution in [2.75, 3.05) is 33.7 Å². The highest BCUT2D eigenvalue weighted by atomic mass is 16.5. The number of ether oxygens (including phenoxy) is 1. The number of hydrogen-bond acceptors (Lipinski definition) is 6. The molecule has 0 radical (unpaired) electrons. The molecule has 0 aromatic carbocycles. The minimum absolute atomic E-state index is 0.0673. The van der Waals surface area contributed by atoms with E-state index in [1.807, 2.05) is 19.0 Å². The molecule has 8 heteroatoms. The number of aliphatic carboxylic acids is 1. The first kappa shape index (κ1) is 40.4. The zero-order chi connectivity index (χ0) is 39.1. The summed E-state index contributed by atoms with van der Waals surface area (Å²) in [6.45, 7) is 22.0. The number of hydrogen-bond donors (Lipinski definition) is 1. The minimum atomic E-state index is -1.16. The van der Waals surface area contributed by atoms with Crippen LogP contribution in [-0.4, -0.2) is 78.4 Å². The number of fused-ring (bicyclic) bond motifs is 7. The van der Waals surface area contributed by atoms with E-state index in [-0.39, 0.29) is 51.4 Å². The lowest BCUT2D eigenvalue weighted by atomic mass is 9.33. The lowest BCUT2D eigenvalue weighted by Gasteiger charge is -2.72. The Hall–Kier alpha value is -2.22. The molecule has 0 saturated heterocycles. The van der Waals surface area contributed by atoms with Crippen molar-refractivity contribution in [2.24, 2.45) is 62.1 Å². The lowest BCUT2D eigenvalue weighted by molar-refractivity contribution is -0.233. The molecule has 5 fully saturated rings. The Morgan fingerprint density at radius 2 is 1.57 bits per heavy atom.